The Labute approximate surface area is 146 Å². The molecule has 1 aromatic carbocycles. The lowest BCUT2D eigenvalue weighted by Crippen LogP contribution is -2.11. The molecule has 0 spiro atoms. The summed E-state index contributed by atoms with van der Waals surface area (Å²) in [5, 5.41) is 9.29. The highest BCUT2D eigenvalue weighted by Gasteiger charge is 2.16. The summed E-state index contributed by atoms with van der Waals surface area (Å²) in [7, 11) is 0. The summed E-state index contributed by atoms with van der Waals surface area (Å²) in [6.07, 6.45) is 6.42. The van der Waals surface area contributed by atoms with Gasteiger partial charge in [-0.1, -0.05) is 12.1 Å². The van der Waals surface area contributed by atoms with Crippen LogP contribution in [0.1, 0.15) is 0 Å². The second-order valence-corrected chi connectivity index (χ2v) is 5.66. The van der Waals surface area contributed by atoms with E-state index in [2.05, 4.69) is 30.1 Å². The quantitative estimate of drug-likeness (QED) is 0.527. The predicted octanol–water partition coefficient (Wildman–Crippen LogP) is 2.11. The third kappa shape index (κ3) is 2.24. The Kier molecular flexibility index (Phi) is 3.08. The number of hydrogen-bond donors (Lipinski definition) is 1. The topological polar surface area (TPSA) is 102 Å². The van der Waals surface area contributed by atoms with Gasteiger partial charge in [-0.2, -0.15) is 10.2 Å². The van der Waals surface area contributed by atoms with Gasteiger partial charge < -0.3 is 4.98 Å². The molecular weight excluding hydrogens is 330 g/mol. The maximum absolute atomic E-state index is 12.2. The minimum Gasteiger partial charge on any atom is -0.345 e. The van der Waals surface area contributed by atoms with Gasteiger partial charge in [0.25, 0.3) is 0 Å². The molecule has 26 heavy (non-hydrogen) atoms. The van der Waals surface area contributed by atoms with E-state index in [1.807, 2.05) is 30.3 Å². The van der Waals surface area contributed by atoms with Crippen molar-refractivity contribution in [3.63, 3.8) is 0 Å². The smallest absolute Gasteiger partial charge is 0.209 e. The van der Waals surface area contributed by atoms with Crippen molar-refractivity contribution in [1.29, 1.82) is 0 Å². The van der Waals surface area contributed by atoms with E-state index in [9.17, 15) is 4.79 Å². The second-order valence-electron chi connectivity index (χ2n) is 5.66. The van der Waals surface area contributed by atoms with E-state index in [0.717, 1.165) is 16.5 Å². The molecule has 0 atom stereocenters. The van der Waals surface area contributed by atoms with Gasteiger partial charge in [0.2, 0.25) is 11.2 Å². The van der Waals surface area contributed by atoms with Gasteiger partial charge in [-0.05, 0) is 18.2 Å². The Balaban J connectivity index is 1.85. The van der Waals surface area contributed by atoms with Crippen molar-refractivity contribution in [2.45, 2.75) is 0 Å². The number of aromatic nitrogens is 7. The van der Waals surface area contributed by atoms with Gasteiger partial charge in [-0.3, -0.25) is 9.78 Å². The van der Waals surface area contributed by atoms with E-state index in [0.29, 0.717) is 17.2 Å². The number of H-pyrrole nitrogens is 1. The van der Waals surface area contributed by atoms with Crippen LogP contribution in [0, 0.1) is 0 Å². The van der Waals surface area contributed by atoms with E-state index < -0.39 is 0 Å². The highest BCUT2D eigenvalue weighted by atomic mass is 16.1. The molecule has 1 N–H and O–H groups in total. The summed E-state index contributed by atoms with van der Waals surface area (Å²) < 4.78 is 0. The van der Waals surface area contributed by atoms with Crippen molar-refractivity contribution in [3.8, 4) is 17.1 Å². The number of fused-ring (bicyclic) bond motifs is 2. The number of benzene rings is 1. The highest BCUT2D eigenvalue weighted by molar-refractivity contribution is 5.86. The van der Waals surface area contributed by atoms with Crippen LogP contribution in [0.25, 0.3) is 39.1 Å². The summed E-state index contributed by atoms with van der Waals surface area (Å²) >= 11 is 0. The molecule has 4 heterocycles. The average Bonchev–Trinajstić information content (AvgIpc) is 3.22. The van der Waals surface area contributed by atoms with Crippen molar-refractivity contribution < 1.29 is 0 Å². The summed E-state index contributed by atoms with van der Waals surface area (Å²) in [5.74, 6) is 0.438. The van der Waals surface area contributed by atoms with Gasteiger partial charge in [-0.15, -0.1) is 4.80 Å². The molecule has 5 aromatic rings. The zero-order valence-electron chi connectivity index (χ0n) is 13.4. The Hall–Kier alpha value is -3.94. The molecule has 0 saturated carbocycles. The molecule has 0 aliphatic carbocycles. The monoisotopic (exact) mass is 341 g/mol. The molecule has 8 heteroatoms. The van der Waals surface area contributed by atoms with Crippen LogP contribution in [0.4, 0.5) is 0 Å². The van der Waals surface area contributed by atoms with E-state index in [1.54, 1.807) is 24.8 Å². The summed E-state index contributed by atoms with van der Waals surface area (Å²) in [6, 6.07) is 11.0. The lowest BCUT2D eigenvalue weighted by atomic mass is 10.1. The summed E-state index contributed by atoms with van der Waals surface area (Å²) in [5.41, 5.74) is 2.66. The van der Waals surface area contributed by atoms with E-state index in [1.165, 1.54) is 10.9 Å². The van der Waals surface area contributed by atoms with Crippen LogP contribution in [-0.4, -0.2) is 34.9 Å². The molecule has 0 bridgehead atoms. The first-order valence-corrected chi connectivity index (χ1v) is 7.91. The number of nitrogens with one attached hydrogen (secondary N) is 1. The normalized spacial score (nSPS) is 11.2. The van der Waals surface area contributed by atoms with Crippen molar-refractivity contribution >= 4 is 22.1 Å². The first-order chi connectivity index (χ1) is 12.8. The van der Waals surface area contributed by atoms with Gasteiger partial charge in [0, 0.05) is 29.4 Å². The maximum atomic E-state index is 12.2. The van der Waals surface area contributed by atoms with E-state index >= 15 is 0 Å². The van der Waals surface area contributed by atoms with Gasteiger partial charge in [0.15, 0.2) is 11.2 Å². The van der Waals surface area contributed by atoms with Crippen LogP contribution < -0.4 is 5.43 Å². The second kappa shape index (κ2) is 5.55. The molecule has 0 aliphatic heterocycles. The van der Waals surface area contributed by atoms with Crippen molar-refractivity contribution in [2.24, 2.45) is 0 Å². The number of hydrogen-bond acceptors (Lipinski definition) is 6. The number of aromatic amines is 1. The van der Waals surface area contributed by atoms with Crippen molar-refractivity contribution in [3.05, 3.63) is 71.4 Å². The first kappa shape index (κ1) is 14.4. The zero-order chi connectivity index (χ0) is 17.5. The molecule has 0 unspecified atom stereocenters. The standard InChI is InChI=1S/C18H11N7O/c26-14-5-7-20-17-16(14)23-15(18(24-17)25-21-8-9-22-25)12-3-4-13-11(10-12)2-1-6-19-13/h1-10H,(H,20,24,26). The average molecular weight is 341 g/mol. The number of pyridine rings is 2. The fourth-order valence-electron chi connectivity index (χ4n) is 2.86. The minimum absolute atomic E-state index is 0.199. The van der Waals surface area contributed by atoms with Crippen molar-refractivity contribution in [1.82, 2.24) is 34.9 Å². The predicted molar refractivity (Wildman–Crippen MR) is 95.8 cm³/mol. The van der Waals surface area contributed by atoms with E-state index in [-0.39, 0.29) is 10.9 Å². The molecule has 124 valence electrons. The molecular formula is C18H11N7O. The van der Waals surface area contributed by atoms with Gasteiger partial charge in [0.05, 0.1) is 17.9 Å². The van der Waals surface area contributed by atoms with Crippen molar-refractivity contribution in [2.75, 3.05) is 0 Å². The molecule has 0 amide bonds. The van der Waals surface area contributed by atoms with Gasteiger partial charge in [-0.25, -0.2) is 9.97 Å². The minimum atomic E-state index is -0.199. The Morgan fingerprint density at radius 1 is 0.962 bits per heavy atom. The van der Waals surface area contributed by atoms with Crippen LogP contribution in [0.5, 0.6) is 0 Å². The number of nitrogens with zero attached hydrogens (tertiary/aromatic N) is 6. The maximum Gasteiger partial charge on any atom is 0.209 e. The van der Waals surface area contributed by atoms with Crippen LogP contribution in [0.3, 0.4) is 0 Å². The largest absolute Gasteiger partial charge is 0.345 e. The fourth-order valence-corrected chi connectivity index (χ4v) is 2.86. The zero-order valence-corrected chi connectivity index (χ0v) is 13.4. The Morgan fingerprint density at radius 3 is 2.73 bits per heavy atom. The lowest BCUT2D eigenvalue weighted by molar-refractivity contribution is 0.730. The number of rotatable bonds is 2. The first-order valence-electron chi connectivity index (χ1n) is 7.91. The van der Waals surface area contributed by atoms with Gasteiger partial charge >= 0.3 is 0 Å². The third-order valence-electron chi connectivity index (χ3n) is 4.05. The Morgan fingerprint density at radius 2 is 1.85 bits per heavy atom. The lowest BCUT2D eigenvalue weighted by Gasteiger charge is -2.09. The van der Waals surface area contributed by atoms with Crippen LogP contribution in [0.2, 0.25) is 0 Å². The summed E-state index contributed by atoms with van der Waals surface area (Å²) in [4.78, 5) is 30.0. The van der Waals surface area contributed by atoms with Gasteiger partial charge in [0.1, 0.15) is 5.69 Å². The molecule has 0 aliphatic rings. The molecule has 0 saturated heterocycles. The molecule has 5 rings (SSSR count). The molecule has 4 aromatic heterocycles. The fraction of sp³-hybridized carbons (Fsp3) is 0. The summed E-state index contributed by atoms with van der Waals surface area (Å²) in [6.45, 7) is 0. The third-order valence-corrected chi connectivity index (χ3v) is 4.05. The Bertz CT molecular complexity index is 1310. The van der Waals surface area contributed by atoms with Crippen LogP contribution in [0.15, 0.2) is 66.0 Å². The van der Waals surface area contributed by atoms with E-state index in [4.69, 9.17) is 0 Å². The van der Waals surface area contributed by atoms with Crippen LogP contribution in [-0.2, 0) is 0 Å². The van der Waals surface area contributed by atoms with Crippen LogP contribution >= 0.6 is 0 Å². The molecule has 0 radical (unpaired) electrons. The molecule has 8 nitrogen and oxygen atoms in total. The SMILES string of the molecule is O=c1cc[nH]c2nc(-n3nccn3)c(-c3ccc4ncccc4c3)nc12. The highest BCUT2D eigenvalue weighted by Crippen LogP contribution is 2.26. The molecule has 0 fully saturated rings.